The van der Waals surface area contributed by atoms with Crippen LogP contribution in [0.3, 0.4) is 0 Å². The van der Waals surface area contributed by atoms with Crippen LogP contribution in [0.15, 0.2) is 0 Å². The molecule has 12 heavy (non-hydrogen) atoms. The molecule has 2 heteroatoms. The highest BCUT2D eigenvalue weighted by Crippen LogP contribution is 2.33. The van der Waals surface area contributed by atoms with Gasteiger partial charge in [-0.05, 0) is 45.1 Å². The van der Waals surface area contributed by atoms with E-state index in [0.29, 0.717) is 5.54 Å². The summed E-state index contributed by atoms with van der Waals surface area (Å²) in [7, 11) is 0. The van der Waals surface area contributed by atoms with Crippen molar-refractivity contribution < 1.29 is 0 Å². The Morgan fingerprint density at radius 3 is 2.58 bits per heavy atom. The van der Waals surface area contributed by atoms with Crippen molar-refractivity contribution in [1.29, 1.82) is 0 Å². The second-order valence-electron chi connectivity index (χ2n) is 4.63. The SMILES string of the molecule is CC1(NCCNCC2CC2)CC1. The summed E-state index contributed by atoms with van der Waals surface area (Å²) < 4.78 is 0. The van der Waals surface area contributed by atoms with Crippen molar-refractivity contribution in [3.05, 3.63) is 0 Å². The third-order valence-corrected chi connectivity index (χ3v) is 2.98. The average molecular weight is 168 g/mol. The van der Waals surface area contributed by atoms with E-state index in [1.165, 1.54) is 32.2 Å². The minimum absolute atomic E-state index is 0.515. The predicted molar refractivity (Wildman–Crippen MR) is 51.2 cm³/mol. The average Bonchev–Trinajstić information content (AvgIpc) is 2.88. The topological polar surface area (TPSA) is 24.1 Å². The Bertz CT molecular complexity index is 148. The number of hydrogen-bond acceptors (Lipinski definition) is 2. The summed E-state index contributed by atoms with van der Waals surface area (Å²) >= 11 is 0. The normalized spacial score (nSPS) is 25.8. The van der Waals surface area contributed by atoms with E-state index in [1.54, 1.807) is 0 Å². The molecule has 70 valence electrons. The van der Waals surface area contributed by atoms with Gasteiger partial charge in [-0.1, -0.05) is 0 Å². The Hall–Kier alpha value is -0.0800. The van der Waals surface area contributed by atoms with Gasteiger partial charge in [0.2, 0.25) is 0 Å². The van der Waals surface area contributed by atoms with Crippen LogP contribution < -0.4 is 10.6 Å². The van der Waals surface area contributed by atoms with Crippen molar-refractivity contribution in [2.45, 2.75) is 38.1 Å². The molecule has 0 atom stereocenters. The molecule has 0 unspecified atom stereocenters. The van der Waals surface area contributed by atoms with Gasteiger partial charge in [-0.3, -0.25) is 0 Å². The first-order valence-corrected chi connectivity index (χ1v) is 5.24. The van der Waals surface area contributed by atoms with Gasteiger partial charge >= 0.3 is 0 Å². The molecule has 0 aromatic carbocycles. The summed E-state index contributed by atoms with van der Waals surface area (Å²) in [6, 6.07) is 0. The fourth-order valence-corrected chi connectivity index (χ4v) is 1.45. The first kappa shape index (κ1) is 8.52. The van der Waals surface area contributed by atoms with Gasteiger partial charge < -0.3 is 10.6 Å². The molecule has 0 radical (unpaired) electrons. The Morgan fingerprint density at radius 1 is 1.25 bits per heavy atom. The van der Waals surface area contributed by atoms with Gasteiger partial charge in [0.1, 0.15) is 0 Å². The maximum absolute atomic E-state index is 3.56. The van der Waals surface area contributed by atoms with Gasteiger partial charge in [0, 0.05) is 18.6 Å². The van der Waals surface area contributed by atoms with E-state index in [2.05, 4.69) is 17.6 Å². The van der Waals surface area contributed by atoms with Crippen LogP contribution in [-0.2, 0) is 0 Å². The van der Waals surface area contributed by atoms with Gasteiger partial charge in [-0.25, -0.2) is 0 Å². The van der Waals surface area contributed by atoms with Gasteiger partial charge in [-0.15, -0.1) is 0 Å². The molecule has 0 aromatic heterocycles. The van der Waals surface area contributed by atoms with Crippen molar-refractivity contribution in [3.63, 3.8) is 0 Å². The molecular formula is C10H20N2. The zero-order valence-corrected chi connectivity index (χ0v) is 8.03. The third kappa shape index (κ3) is 2.76. The molecule has 0 aliphatic heterocycles. The number of rotatable bonds is 6. The summed E-state index contributed by atoms with van der Waals surface area (Å²) in [5.74, 6) is 1.02. The van der Waals surface area contributed by atoms with Crippen molar-refractivity contribution in [2.75, 3.05) is 19.6 Å². The predicted octanol–water partition coefficient (Wildman–Crippen LogP) is 1.13. The minimum Gasteiger partial charge on any atom is -0.315 e. The van der Waals surface area contributed by atoms with Crippen LogP contribution in [0.5, 0.6) is 0 Å². The van der Waals surface area contributed by atoms with E-state index in [4.69, 9.17) is 0 Å². The Morgan fingerprint density at radius 2 is 2.00 bits per heavy atom. The molecular weight excluding hydrogens is 148 g/mol. The van der Waals surface area contributed by atoms with E-state index in [1.807, 2.05) is 0 Å². The molecule has 0 bridgehead atoms. The van der Waals surface area contributed by atoms with Gasteiger partial charge in [0.05, 0.1) is 0 Å². The summed E-state index contributed by atoms with van der Waals surface area (Å²) in [4.78, 5) is 0. The second-order valence-corrected chi connectivity index (χ2v) is 4.63. The van der Waals surface area contributed by atoms with Crippen molar-refractivity contribution in [2.24, 2.45) is 5.92 Å². The molecule has 0 saturated heterocycles. The first-order valence-electron chi connectivity index (χ1n) is 5.24. The van der Waals surface area contributed by atoms with Crippen LogP contribution in [0, 0.1) is 5.92 Å². The molecule has 2 N–H and O–H groups in total. The van der Waals surface area contributed by atoms with Crippen LogP contribution in [0.25, 0.3) is 0 Å². The second kappa shape index (κ2) is 3.35. The molecule has 0 aromatic rings. The maximum Gasteiger partial charge on any atom is 0.0155 e. The van der Waals surface area contributed by atoms with Crippen LogP contribution in [0.2, 0.25) is 0 Å². The van der Waals surface area contributed by atoms with Gasteiger partial charge in [0.15, 0.2) is 0 Å². The summed E-state index contributed by atoms with van der Waals surface area (Å²) in [6.45, 7) is 5.85. The zero-order valence-electron chi connectivity index (χ0n) is 8.03. The van der Waals surface area contributed by atoms with E-state index in [9.17, 15) is 0 Å². The largest absolute Gasteiger partial charge is 0.315 e. The van der Waals surface area contributed by atoms with E-state index in [0.717, 1.165) is 19.0 Å². The molecule has 0 amide bonds. The summed E-state index contributed by atoms with van der Waals surface area (Å²) in [5, 5.41) is 7.05. The lowest BCUT2D eigenvalue weighted by Crippen LogP contribution is -2.35. The van der Waals surface area contributed by atoms with Crippen LogP contribution in [-0.4, -0.2) is 25.2 Å². The fraction of sp³-hybridized carbons (Fsp3) is 1.00. The summed E-state index contributed by atoms with van der Waals surface area (Å²) in [6.07, 6.45) is 5.65. The molecule has 2 saturated carbocycles. The van der Waals surface area contributed by atoms with Crippen LogP contribution in [0.4, 0.5) is 0 Å². The molecule has 0 heterocycles. The van der Waals surface area contributed by atoms with Crippen LogP contribution >= 0.6 is 0 Å². The maximum atomic E-state index is 3.56. The molecule has 2 nitrogen and oxygen atoms in total. The lowest BCUT2D eigenvalue weighted by atomic mass is 10.3. The minimum atomic E-state index is 0.515. The quantitative estimate of drug-likeness (QED) is 0.581. The third-order valence-electron chi connectivity index (χ3n) is 2.98. The summed E-state index contributed by atoms with van der Waals surface area (Å²) in [5.41, 5.74) is 0.515. The highest BCUT2D eigenvalue weighted by molar-refractivity contribution is 4.97. The molecule has 2 fully saturated rings. The zero-order chi connectivity index (χ0) is 8.44. The van der Waals surface area contributed by atoms with Gasteiger partial charge in [-0.2, -0.15) is 0 Å². The van der Waals surface area contributed by atoms with Gasteiger partial charge in [0.25, 0.3) is 0 Å². The molecule has 2 rings (SSSR count). The number of nitrogens with one attached hydrogen (secondary N) is 2. The van der Waals surface area contributed by atoms with Crippen molar-refractivity contribution >= 4 is 0 Å². The highest BCUT2D eigenvalue weighted by atomic mass is 15.0. The molecule has 2 aliphatic carbocycles. The van der Waals surface area contributed by atoms with Crippen LogP contribution in [0.1, 0.15) is 32.6 Å². The lowest BCUT2D eigenvalue weighted by Gasteiger charge is -2.11. The molecule has 2 aliphatic rings. The smallest absolute Gasteiger partial charge is 0.0155 e. The van der Waals surface area contributed by atoms with E-state index in [-0.39, 0.29) is 0 Å². The Balaban J connectivity index is 1.41. The van der Waals surface area contributed by atoms with Crippen molar-refractivity contribution in [3.8, 4) is 0 Å². The lowest BCUT2D eigenvalue weighted by molar-refractivity contribution is 0.513. The number of hydrogen-bond donors (Lipinski definition) is 2. The Kier molecular flexibility index (Phi) is 2.37. The van der Waals surface area contributed by atoms with E-state index >= 15 is 0 Å². The molecule has 0 spiro atoms. The standard InChI is InChI=1S/C10H20N2/c1-10(4-5-10)12-7-6-11-8-9-2-3-9/h9,11-12H,2-8H2,1H3. The highest BCUT2D eigenvalue weighted by Gasteiger charge is 2.35. The first-order chi connectivity index (χ1) is 5.79. The Labute approximate surface area is 75.1 Å². The van der Waals surface area contributed by atoms with E-state index < -0.39 is 0 Å². The fourth-order valence-electron chi connectivity index (χ4n) is 1.45. The van der Waals surface area contributed by atoms with Crippen molar-refractivity contribution in [1.82, 2.24) is 10.6 Å². The monoisotopic (exact) mass is 168 g/mol.